The molecule has 6 nitrogen and oxygen atoms in total. The van der Waals surface area contributed by atoms with Gasteiger partial charge in [-0.05, 0) is 18.2 Å². The number of methoxy groups -OCH3 is 2. The molecule has 0 saturated carbocycles. The van der Waals surface area contributed by atoms with Crippen molar-refractivity contribution in [2.45, 2.75) is 6.54 Å². The summed E-state index contributed by atoms with van der Waals surface area (Å²) in [5.74, 6) is 1.26. The molecule has 1 N–H and O–H groups in total. The molecule has 0 aromatic heterocycles. The SMILES string of the molecule is CN=C(NCc1cccc(OC)c1OC)N1CCN(c2cc(F)ccc2F)CC1. The van der Waals surface area contributed by atoms with E-state index in [1.807, 2.05) is 23.1 Å². The van der Waals surface area contributed by atoms with Gasteiger partial charge in [0.15, 0.2) is 17.5 Å². The highest BCUT2D eigenvalue weighted by Crippen LogP contribution is 2.30. The Morgan fingerprint density at radius 3 is 2.48 bits per heavy atom. The van der Waals surface area contributed by atoms with Crippen LogP contribution in [-0.4, -0.2) is 58.3 Å². The topological polar surface area (TPSA) is 49.3 Å². The van der Waals surface area contributed by atoms with E-state index in [9.17, 15) is 8.78 Å². The van der Waals surface area contributed by atoms with Crippen molar-refractivity contribution in [3.8, 4) is 11.5 Å². The molecule has 8 heteroatoms. The maximum atomic E-state index is 14.0. The van der Waals surface area contributed by atoms with Crippen molar-refractivity contribution < 1.29 is 18.3 Å². The maximum Gasteiger partial charge on any atom is 0.194 e. The van der Waals surface area contributed by atoms with Gasteiger partial charge in [0.05, 0.1) is 19.9 Å². The van der Waals surface area contributed by atoms with Crippen LogP contribution in [0, 0.1) is 11.6 Å². The van der Waals surface area contributed by atoms with Crippen molar-refractivity contribution in [1.29, 1.82) is 0 Å². The van der Waals surface area contributed by atoms with Crippen molar-refractivity contribution in [1.82, 2.24) is 10.2 Å². The average molecular weight is 404 g/mol. The van der Waals surface area contributed by atoms with Gasteiger partial charge in [0.1, 0.15) is 11.6 Å². The number of ether oxygens (including phenoxy) is 2. The average Bonchev–Trinajstić information content (AvgIpc) is 2.76. The van der Waals surface area contributed by atoms with Crippen LogP contribution in [0.3, 0.4) is 0 Å². The van der Waals surface area contributed by atoms with Gasteiger partial charge in [0, 0.05) is 51.4 Å². The number of para-hydroxylation sites is 1. The number of benzene rings is 2. The molecule has 0 bridgehead atoms. The molecule has 29 heavy (non-hydrogen) atoms. The summed E-state index contributed by atoms with van der Waals surface area (Å²) in [6.07, 6.45) is 0. The summed E-state index contributed by atoms with van der Waals surface area (Å²) in [4.78, 5) is 8.31. The van der Waals surface area contributed by atoms with Gasteiger partial charge in [-0.2, -0.15) is 0 Å². The standard InChI is InChI=1S/C21H26F2N4O2/c1-24-21(25-14-15-5-4-6-19(28-2)20(15)29-3)27-11-9-26(10-12-27)18-13-16(22)7-8-17(18)23/h4-8,13H,9-12,14H2,1-3H3,(H,24,25). The maximum absolute atomic E-state index is 14.0. The lowest BCUT2D eigenvalue weighted by Crippen LogP contribution is -2.52. The van der Waals surface area contributed by atoms with Gasteiger partial charge in [-0.3, -0.25) is 4.99 Å². The molecule has 0 unspecified atom stereocenters. The van der Waals surface area contributed by atoms with Gasteiger partial charge in [-0.25, -0.2) is 8.78 Å². The van der Waals surface area contributed by atoms with Crippen LogP contribution in [0.2, 0.25) is 0 Å². The Bertz CT molecular complexity index is 868. The first-order valence-corrected chi connectivity index (χ1v) is 9.42. The van der Waals surface area contributed by atoms with Crippen molar-refractivity contribution >= 4 is 11.6 Å². The van der Waals surface area contributed by atoms with E-state index >= 15 is 0 Å². The van der Waals surface area contributed by atoms with Crippen LogP contribution < -0.4 is 19.7 Å². The minimum atomic E-state index is -0.437. The molecule has 0 aliphatic carbocycles. The van der Waals surface area contributed by atoms with E-state index in [1.165, 1.54) is 12.1 Å². The molecule has 1 aliphatic rings. The van der Waals surface area contributed by atoms with Gasteiger partial charge in [0.25, 0.3) is 0 Å². The third-order valence-electron chi connectivity index (χ3n) is 4.96. The van der Waals surface area contributed by atoms with E-state index < -0.39 is 11.6 Å². The number of nitrogens with one attached hydrogen (secondary N) is 1. The number of piperazine rings is 1. The number of hydrogen-bond acceptors (Lipinski definition) is 4. The third kappa shape index (κ3) is 4.70. The predicted octanol–water partition coefficient (Wildman–Crippen LogP) is 2.88. The monoisotopic (exact) mass is 404 g/mol. The van der Waals surface area contributed by atoms with Gasteiger partial charge in [0.2, 0.25) is 0 Å². The summed E-state index contributed by atoms with van der Waals surface area (Å²) in [6, 6.07) is 9.27. The van der Waals surface area contributed by atoms with E-state index in [2.05, 4.69) is 15.2 Å². The minimum Gasteiger partial charge on any atom is -0.493 e. The Balaban J connectivity index is 1.62. The fourth-order valence-electron chi connectivity index (χ4n) is 3.49. The van der Waals surface area contributed by atoms with Crippen LogP contribution in [-0.2, 0) is 6.54 Å². The van der Waals surface area contributed by atoms with Crippen molar-refractivity contribution in [3.63, 3.8) is 0 Å². The second kappa shape index (κ2) is 9.45. The zero-order valence-electron chi connectivity index (χ0n) is 16.9. The highest BCUT2D eigenvalue weighted by Gasteiger charge is 2.22. The normalized spacial score (nSPS) is 14.7. The zero-order valence-corrected chi connectivity index (χ0v) is 16.9. The lowest BCUT2D eigenvalue weighted by molar-refractivity contribution is 0.350. The van der Waals surface area contributed by atoms with Gasteiger partial charge in [-0.15, -0.1) is 0 Å². The van der Waals surface area contributed by atoms with Crippen LogP contribution in [0.25, 0.3) is 0 Å². The van der Waals surface area contributed by atoms with E-state index in [0.29, 0.717) is 49.9 Å². The van der Waals surface area contributed by atoms with Crippen molar-refractivity contribution in [2.75, 3.05) is 52.3 Å². The summed E-state index contributed by atoms with van der Waals surface area (Å²) in [5.41, 5.74) is 1.25. The Morgan fingerprint density at radius 1 is 1.07 bits per heavy atom. The number of halogens is 2. The van der Waals surface area contributed by atoms with Gasteiger partial charge in [-0.1, -0.05) is 12.1 Å². The second-order valence-corrected chi connectivity index (χ2v) is 6.62. The van der Waals surface area contributed by atoms with E-state index in [-0.39, 0.29) is 0 Å². The van der Waals surface area contributed by atoms with E-state index in [0.717, 1.165) is 17.6 Å². The van der Waals surface area contributed by atoms with Crippen LogP contribution in [0.5, 0.6) is 11.5 Å². The van der Waals surface area contributed by atoms with Crippen LogP contribution in [0.4, 0.5) is 14.5 Å². The quantitative estimate of drug-likeness (QED) is 0.614. The largest absolute Gasteiger partial charge is 0.493 e. The number of nitrogens with zero attached hydrogens (tertiary/aromatic N) is 3. The zero-order chi connectivity index (χ0) is 20.8. The first kappa shape index (κ1) is 20.7. The molecule has 2 aromatic carbocycles. The Morgan fingerprint density at radius 2 is 1.83 bits per heavy atom. The van der Waals surface area contributed by atoms with Crippen molar-refractivity contribution in [3.05, 3.63) is 53.6 Å². The molecule has 1 saturated heterocycles. The Hall–Kier alpha value is -3.03. The Labute approximate surface area is 169 Å². The molecular weight excluding hydrogens is 378 g/mol. The predicted molar refractivity (Wildman–Crippen MR) is 110 cm³/mol. The first-order valence-electron chi connectivity index (χ1n) is 9.42. The van der Waals surface area contributed by atoms with Crippen LogP contribution in [0.15, 0.2) is 41.4 Å². The number of anilines is 1. The number of rotatable bonds is 5. The molecule has 0 radical (unpaired) electrons. The molecular formula is C21H26F2N4O2. The van der Waals surface area contributed by atoms with Crippen LogP contribution in [0.1, 0.15) is 5.56 Å². The molecule has 156 valence electrons. The van der Waals surface area contributed by atoms with Gasteiger partial charge >= 0.3 is 0 Å². The fourth-order valence-corrected chi connectivity index (χ4v) is 3.49. The van der Waals surface area contributed by atoms with Crippen molar-refractivity contribution in [2.24, 2.45) is 4.99 Å². The summed E-state index contributed by atoms with van der Waals surface area (Å²) in [5, 5.41) is 3.34. The molecule has 3 rings (SSSR count). The molecule has 0 atom stereocenters. The highest BCUT2D eigenvalue weighted by atomic mass is 19.1. The lowest BCUT2D eigenvalue weighted by Gasteiger charge is -2.37. The molecule has 0 amide bonds. The van der Waals surface area contributed by atoms with E-state index in [1.54, 1.807) is 21.3 Å². The first-order chi connectivity index (χ1) is 14.1. The number of hydrogen-bond donors (Lipinski definition) is 1. The second-order valence-electron chi connectivity index (χ2n) is 6.62. The molecule has 1 aliphatic heterocycles. The summed E-state index contributed by atoms with van der Waals surface area (Å²) >= 11 is 0. The lowest BCUT2D eigenvalue weighted by atomic mass is 10.2. The third-order valence-corrected chi connectivity index (χ3v) is 4.96. The highest BCUT2D eigenvalue weighted by molar-refractivity contribution is 5.80. The summed E-state index contributed by atoms with van der Waals surface area (Å²) < 4.78 is 38.3. The van der Waals surface area contributed by atoms with E-state index in [4.69, 9.17) is 9.47 Å². The minimum absolute atomic E-state index is 0.300. The molecule has 0 spiro atoms. The Kier molecular flexibility index (Phi) is 6.74. The smallest absolute Gasteiger partial charge is 0.194 e. The number of aliphatic imine (C=N–C) groups is 1. The molecule has 2 aromatic rings. The molecule has 1 fully saturated rings. The summed E-state index contributed by atoms with van der Waals surface area (Å²) in [7, 11) is 4.94. The summed E-state index contributed by atoms with van der Waals surface area (Å²) in [6.45, 7) is 2.95. The fraction of sp³-hybridized carbons (Fsp3) is 0.381. The van der Waals surface area contributed by atoms with Crippen LogP contribution >= 0.6 is 0 Å². The molecule has 1 heterocycles. The van der Waals surface area contributed by atoms with Gasteiger partial charge < -0.3 is 24.6 Å². The number of guanidine groups is 1.